The summed E-state index contributed by atoms with van der Waals surface area (Å²) in [5.74, 6) is -0.0925. The third kappa shape index (κ3) is 3.60. The van der Waals surface area contributed by atoms with E-state index >= 15 is 0 Å². The molecule has 0 saturated heterocycles. The Bertz CT molecular complexity index is 397. The van der Waals surface area contributed by atoms with Crippen LogP contribution < -0.4 is 5.32 Å². The Morgan fingerprint density at radius 3 is 2.41 bits per heavy atom. The van der Waals surface area contributed by atoms with E-state index in [4.69, 9.17) is 23.2 Å². The fraction of sp³-hybridized carbons (Fsp3) is 0.583. The number of rotatable bonds is 2. The van der Waals surface area contributed by atoms with Crippen LogP contribution in [0.15, 0.2) is 6.07 Å². The zero-order chi connectivity index (χ0) is 12.3. The van der Waals surface area contributed by atoms with E-state index < -0.39 is 0 Å². The number of hydrogen-bond donors (Lipinski definition) is 1. The van der Waals surface area contributed by atoms with E-state index in [1.54, 1.807) is 6.07 Å². The Morgan fingerprint density at radius 2 is 1.88 bits per heavy atom. The third-order valence-electron chi connectivity index (χ3n) is 3.09. The number of thiophene rings is 1. The molecular formula is C12H15Cl2NOS. The fourth-order valence-electron chi connectivity index (χ4n) is 2.18. The minimum absolute atomic E-state index is 0.0925. The molecule has 1 saturated carbocycles. The molecule has 0 unspecified atom stereocenters. The molecule has 2 rings (SSSR count). The molecule has 17 heavy (non-hydrogen) atoms. The maximum absolute atomic E-state index is 12.0. The largest absolute Gasteiger partial charge is 0.349 e. The van der Waals surface area contributed by atoms with Gasteiger partial charge in [0, 0.05) is 6.04 Å². The second-order valence-corrected chi connectivity index (χ2v) is 6.69. The normalized spacial score (nSPS) is 17.8. The number of carbonyl (C=O) groups is 1. The zero-order valence-corrected chi connectivity index (χ0v) is 11.8. The maximum atomic E-state index is 12.0. The summed E-state index contributed by atoms with van der Waals surface area (Å²) in [6, 6.07) is 1.93. The number of halogens is 2. The lowest BCUT2D eigenvalue weighted by Gasteiger charge is -2.15. The summed E-state index contributed by atoms with van der Waals surface area (Å²) in [5.41, 5.74) is 0.505. The zero-order valence-electron chi connectivity index (χ0n) is 9.47. The van der Waals surface area contributed by atoms with Gasteiger partial charge in [0.15, 0.2) is 0 Å². The van der Waals surface area contributed by atoms with E-state index in [9.17, 15) is 4.79 Å². The summed E-state index contributed by atoms with van der Waals surface area (Å²) in [7, 11) is 0. The molecule has 1 amide bonds. The van der Waals surface area contributed by atoms with Crippen LogP contribution in [-0.2, 0) is 0 Å². The predicted octanol–water partition coefficient (Wildman–Crippen LogP) is 4.51. The highest BCUT2D eigenvalue weighted by molar-refractivity contribution is 7.20. The van der Waals surface area contributed by atoms with Crippen LogP contribution in [0, 0.1) is 0 Å². The molecule has 1 aliphatic rings. The average Bonchev–Trinajstić information content (AvgIpc) is 2.51. The van der Waals surface area contributed by atoms with Gasteiger partial charge in [-0.3, -0.25) is 4.79 Å². The van der Waals surface area contributed by atoms with Gasteiger partial charge in [-0.15, -0.1) is 11.3 Å². The van der Waals surface area contributed by atoms with E-state index in [1.165, 1.54) is 37.0 Å². The number of nitrogens with one attached hydrogen (secondary N) is 1. The molecule has 1 aliphatic carbocycles. The summed E-state index contributed by atoms with van der Waals surface area (Å²) in [4.78, 5) is 12.0. The Balaban J connectivity index is 1.98. The van der Waals surface area contributed by atoms with E-state index in [2.05, 4.69) is 5.32 Å². The van der Waals surface area contributed by atoms with Crippen molar-refractivity contribution in [3.05, 3.63) is 20.3 Å². The van der Waals surface area contributed by atoms with Gasteiger partial charge in [0.1, 0.15) is 4.34 Å². The van der Waals surface area contributed by atoms with Crippen LogP contribution in [0.5, 0.6) is 0 Å². The first kappa shape index (κ1) is 13.2. The molecule has 1 heterocycles. The summed E-state index contributed by atoms with van der Waals surface area (Å²) in [6.45, 7) is 0. The van der Waals surface area contributed by atoms with Crippen molar-refractivity contribution >= 4 is 40.4 Å². The monoisotopic (exact) mass is 291 g/mol. The summed E-state index contributed by atoms with van der Waals surface area (Å²) < 4.78 is 1.03. The summed E-state index contributed by atoms with van der Waals surface area (Å²) >= 11 is 13.0. The molecule has 2 nitrogen and oxygen atoms in total. The van der Waals surface area contributed by atoms with Crippen molar-refractivity contribution in [1.82, 2.24) is 5.32 Å². The highest BCUT2D eigenvalue weighted by atomic mass is 35.5. The van der Waals surface area contributed by atoms with Gasteiger partial charge in [0.25, 0.3) is 5.91 Å². The molecule has 1 aromatic rings. The summed E-state index contributed by atoms with van der Waals surface area (Å²) in [6.07, 6.45) is 7.09. The molecule has 0 atom stereocenters. The van der Waals surface area contributed by atoms with Gasteiger partial charge in [-0.2, -0.15) is 0 Å². The Kier molecular flexibility index (Phi) is 4.71. The molecule has 1 fully saturated rings. The van der Waals surface area contributed by atoms with Crippen molar-refractivity contribution < 1.29 is 4.79 Å². The molecule has 1 N–H and O–H groups in total. The van der Waals surface area contributed by atoms with E-state index in [0.29, 0.717) is 20.3 Å². The lowest BCUT2D eigenvalue weighted by atomic mass is 10.1. The molecule has 0 aromatic carbocycles. The van der Waals surface area contributed by atoms with E-state index in [-0.39, 0.29) is 5.91 Å². The van der Waals surface area contributed by atoms with E-state index in [0.717, 1.165) is 12.8 Å². The van der Waals surface area contributed by atoms with Crippen LogP contribution in [0.3, 0.4) is 0 Å². The average molecular weight is 292 g/mol. The van der Waals surface area contributed by atoms with E-state index in [1.807, 2.05) is 0 Å². The van der Waals surface area contributed by atoms with Crippen LogP contribution in [0.25, 0.3) is 0 Å². The van der Waals surface area contributed by atoms with Crippen molar-refractivity contribution in [3.63, 3.8) is 0 Å². The van der Waals surface area contributed by atoms with Crippen molar-refractivity contribution in [2.45, 2.75) is 44.6 Å². The first-order chi connectivity index (χ1) is 8.16. The molecule has 0 spiro atoms. The van der Waals surface area contributed by atoms with Gasteiger partial charge in [-0.25, -0.2) is 0 Å². The van der Waals surface area contributed by atoms with Gasteiger partial charge in [-0.05, 0) is 18.9 Å². The molecule has 1 aromatic heterocycles. The van der Waals surface area contributed by atoms with Crippen LogP contribution >= 0.6 is 34.5 Å². The Labute approximate surface area is 115 Å². The maximum Gasteiger partial charge on any atom is 0.253 e. The van der Waals surface area contributed by atoms with Crippen molar-refractivity contribution in [1.29, 1.82) is 0 Å². The van der Waals surface area contributed by atoms with Crippen LogP contribution in [0.4, 0.5) is 0 Å². The van der Waals surface area contributed by atoms with Gasteiger partial charge in [0.2, 0.25) is 0 Å². The molecular weight excluding hydrogens is 277 g/mol. The third-order valence-corrected chi connectivity index (χ3v) is 4.58. The summed E-state index contributed by atoms with van der Waals surface area (Å²) in [5, 5.41) is 3.05. The second kappa shape index (κ2) is 6.07. The Hall–Kier alpha value is -0.250. The number of carbonyl (C=O) groups excluding carboxylic acids is 1. The second-order valence-electron chi connectivity index (χ2n) is 4.40. The predicted molar refractivity (Wildman–Crippen MR) is 73.3 cm³/mol. The minimum atomic E-state index is -0.0925. The SMILES string of the molecule is O=C(NC1CCCCCC1)c1cc(Cl)sc1Cl. The smallest absolute Gasteiger partial charge is 0.253 e. The molecule has 0 aliphatic heterocycles. The quantitative estimate of drug-likeness (QED) is 0.798. The minimum Gasteiger partial charge on any atom is -0.349 e. The molecule has 5 heteroatoms. The van der Waals surface area contributed by atoms with Crippen molar-refractivity contribution in [3.8, 4) is 0 Å². The number of hydrogen-bond acceptors (Lipinski definition) is 2. The van der Waals surface area contributed by atoms with Gasteiger partial charge >= 0.3 is 0 Å². The van der Waals surface area contributed by atoms with Gasteiger partial charge in [-0.1, -0.05) is 48.9 Å². The highest BCUT2D eigenvalue weighted by Gasteiger charge is 2.19. The lowest BCUT2D eigenvalue weighted by molar-refractivity contribution is 0.0934. The topological polar surface area (TPSA) is 29.1 Å². The van der Waals surface area contributed by atoms with Crippen molar-refractivity contribution in [2.24, 2.45) is 0 Å². The fourth-order valence-corrected chi connectivity index (χ4v) is 3.64. The molecule has 0 radical (unpaired) electrons. The first-order valence-electron chi connectivity index (χ1n) is 5.92. The first-order valence-corrected chi connectivity index (χ1v) is 7.50. The van der Waals surface area contributed by atoms with Crippen molar-refractivity contribution in [2.75, 3.05) is 0 Å². The lowest BCUT2D eigenvalue weighted by Crippen LogP contribution is -2.34. The molecule has 0 bridgehead atoms. The van der Waals surface area contributed by atoms with Gasteiger partial charge < -0.3 is 5.32 Å². The number of amides is 1. The Morgan fingerprint density at radius 1 is 1.24 bits per heavy atom. The molecule has 94 valence electrons. The van der Waals surface area contributed by atoms with Crippen LogP contribution in [0.2, 0.25) is 8.67 Å². The highest BCUT2D eigenvalue weighted by Crippen LogP contribution is 2.31. The van der Waals surface area contributed by atoms with Crippen LogP contribution in [-0.4, -0.2) is 11.9 Å². The van der Waals surface area contributed by atoms with Crippen LogP contribution in [0.1, 0.15) is 48.9 Å². The van der Waals surface area contributed by atoms with Gasteiger partial charge in [0.05, 0.1) is 9.90 Å². The standard InChI is InChI=1S/C12H15Cl2NOS/c13-10-7-9(11(14)17-10)12(16)15-8-5-3-1-2-4-6-8/h7-8H,1-6H2,(H,15,16).